The minimum atomic E-state index is -1.34. The van der Waals surface area contributed by atoms with E-state index in [-0.39, 0.29) is 5.56 Å². The molecule has 146 valence electrons. The third-order valence-corrected chi connectivity index (χ3v) is 5.38. The maximum absolute atomic E-state index is 14.8. The molecule has 1 fully saturated rings. The number of rotatable bonds is 5. The molecule has 2 atom stereocenters. The number of nitrogens with zero attached hydrogens (tertiary/aromatic N) is 3. The fraction of sp³-hybridized carbons (Fsp3) is 0.350. The SMILES string of the molecule is COc1cc(-c2cc3c(N[C@@H]4CCC[C@]4(C)F)c(C(N)=O)cnn3c2)ccn1. The van der Waals surface area contributed by atoms with Crippen molar-refractivity contribution < 1.29 is 13.9 Å². The molecule has 7 nitrogen and oxygen atoms in total. The van der Waals surface area contributed by atoms with Crippen LogP contribution in [0.1, 0.15) is 36.5 Å². The van der Waals surface area contributed by atoms with Gasteiger partial charge in [-0.2, -0.15) is 5.10 Å². The Morgan fingerprint density at radius 1 is 1.43 bits per heavy atom. The van der Waals surface area contributed by atoms with Crippen molar-refractivity contribution in [1.29, 1.82) is 0 Å². The summed E-state index contributed by atoms with van der Waals surface area (Å²) in [6.07, 6.45) is 6.88. The summed E-state index contributed by atoms with van der Waals surface area (Å²) in [7, 11) is 1.56. The molecule has 3 heterocycles. The van der Waals surface area contributed by atoms with E-state index in [2.05, 4.69) is 15.4 Å². The van der Waals surface area contributed by atoms with Gasteiger partial charge in [0, 0.05) is 24.0 Å². The Morgan fingerprint density at radius 2 is 2.25 bits per heavy atom. The lowest BCUT2D eigenvalue weighted by Gasteiger charge is -2.26. The lowest BCUT2D eigenvalue weighted by molar-refractivity contribution is 0.1000. The number of ether oxygens (including phenoxy) is 1. The maximum atomic E-state index is 14.8. The van der Waals surface area contributed by atoms with Gasteiger partial charge in [-0.05, 0) is 43.9 Å². The van der Waals surface area contributed by atoms with Gasteiger partial charge in [0.1, 0.15) is 5.67 Å². The zero-order valence-corrected chi connectivity index (χ0v) is 15.8. The van der Waals surface area contributed by atoms with Gasteiger partial charge in [0.05, 0.1) is 36.1 Å². The van der Waals surface area contributed by atoms with E-state index in [1.807, 2.05) is 24.4 Å². The predicted octanol–water partition coefficient (Wildman–Crippen LogP) is 3.20. The number of hydrogen-bond acceptors (Lipinski definition) is 5. The van der Waals surface area contributed by atoms with Crippen molar-refractivity contribution in [1.82, 2.24) is 14.6 Å². The van der Waals surface area contributed by atoms with Crippen LogP contribution in [0.25, 0.3) is 16.6 Å². The quantitative estimate of drug-likeness (QED) is 0.706. The van der Waals surface area contributed by atoms with E-state index in [1.54, 1.807) is 24.7 Å². The highest BCUT2D eigenvalue weighted by atomic mass is 19.1. The first-order chi connectivity index (χ1) is 13.4. The number of hydrogen-bond donors (Lipinski definition) is 2. The summed E-state index contributed by atoms with van der Waals surface area (Å²) >= 11 is 0. The number of aromatic nitrogens is 3. The number of nitrogens with one attached hydrogen (secondary N) is 1. The Kier molecular flexibility index (Phi) is 4.41. The average Bonchev–Trinajstić information content (AvgIpc) is 3.25. The second-order valence-electron chi connectivity index (χ2n) is 7.31. The van der Waals surface area contributed by atoms with Crippen molar-refractivity contribution >= 4 is 17.1 Å². The van der Waals surface area contributed by atoms with E-state index in [1.165, 1.54) is 6.20 Å². The van der Waals surface area contributed by atoms with Crippen molar-refractivity contribution in [2.45, 2.75) is 37.9 Å². The molecule has 1 saturated carbocycles. The first-order valence-electron chi connectivity index (χ1n) is 9.16. The molecule has 8 heteroatoms. The molecule has 1 amide bonds. The van der Waals surface area contributed by atoms with Crippen LogP contribution >= 0.6 is 0 Å². The summed E-state index contributed by atoms with van der Waals surface area (Å²) in [4.78, 5) is 16.1. The van der Waals surface area contributed by atoms with Gasteiger partial charge in [-0.1, -0.05) is 0 Å². The largest absolute Gasteiger partial charge is 0.481 e. The van der Waals surface area contributed by atoms with Gasteiger partial charge >= 0.3 is 0 Å². The summed E-state index contributed by atoms with van der Waals surface area (Å²) in [5.74, 6) is -0.111. The molecule has 0 spiro atoms. The zero-order chi connectivity index (χ0) is 19.9. The number of amides is 1. The molecule has 0 saturated heterocycles. The van der Waals surface area contributed by atoms with Gasteiger partial charge in [0.25, 0.3) is 5.91 Å². The zero-order valence-electron chi connectivity index (χ0n) is 15.8. The van der Waals surface area contributed by atoms with Crippen LogP contribution in [-0.2, 0) is 0 Å². The van der Waals surface area contributed by atoms with Crippen molar-refractivity contribution in [3.8, 4) is 17.0 Å². The average molecular weight is 383 g/mol. The molecule has 3 N–H and O–H groups in total. The van der Waals surface area contributed by atoms with E-state index in [0.29, 0.717) is 29.9 Å². The molecule has 1 aliphatic carbocycles. The van der Waals surface area contributed by atoms with Crippen molar-refractivity contribution in [3.05, 3.63) is 42.4 Å². The van der Waals surface area contributed by atoms with E-state index >= 15 is 0 Å². The number of anilines is 1. The summed E-state index contributed by atoms with van der Waals surface area (Å²) in [5, 5.41) is 7.54. The highest BCUT2D eigenvalue weighted by Gasteiger charge is 2.39. The van der Waals surface area contributed by atoms with Crippen LogP contribution < -0.4 is 15.8 Å². The number of pyridine rings is 1. The number of methoxy groups -OCH3 is 1. The topological polar surface area (TPSA) is 94.5 Å². The van der Waals surface area contributed by atoms with Crippen LogP contribution in [0.2, 0.25) is 0 Å². The summed E-state index contributed by atoms with van der Waals surface area (Å²) < 4.78 is 21.7. The maximum Gasteiger partial charge on any atom is 0.252 e. The fourth-order valence-corrected chi connectivity index (χ4v) is 3.78. The minimum Gasteiger partial charge on any atom is -0.481 e. The normalized spacial score (nSPS) is 21.8. The van der Waals surface area contributed by atoms with Crippen LogP contribution in [0.5, 0.6) is 5.88 Å². The Morgan fingerprint density at radius 3 is 2.93 bits per heavy atom. The van der Waals surface area contributed by atoms with E-state index in [0.717, 1.165) is 17.5 Å². The third-order valence-electron chi connectivity index (χ3n) is 5.38. The van der Waals surface area contributed by atoms with Crippen molar-refractivity contribution in [2.75, 3.05) is 12.4 Å². The molecule has 28 heavy (non-hydrogen) atoms. The first kappa shape index (κ1) is 18.2. The van der Waals surface area contributed by atoms with E-state index in [4.69, 9.17) is 10.5 Å². The Balaban J connectivity index is 1.82. The van der Waals surface area contributed by atoms with Gasteiger partial charge < -0.3 is 15.8 Å². The number of carbonyl (C=O) groups excluding carboxylic acids is 1. The fourth-order valence-electron chi connectivity index (χ4n) is 3.78. The summed E-state index contributed by atoms with van der Waals surface area (Å²) in [6.45, 7) is 1.59. The molecule has 0 unspecified atom stereocenters. The molecule has 3 aromatic rings. The first-order valence-corrected chi connectivity index (χ1v) is 9.16. The van der Waals surface area contributed by atoms with Crippen LogP contribution in [0.4, 0.5) is 10.1 Å². The number of halogens is 1. The van der Waals surface area contributed by atoms with Crippen LogP contribution in [-0.4, -0.2) is 39.3 Å². The van der Waals surface area contributed by atoms with Crippen molar-refractivity contribution in [2.24, 2.45) is 5.73 Å². The second-order valence-corrected chi connectivity index (χ2v) is 7.31. The molecular weight excluding hydrogens is 361 g/mol. The molecule has 1 aliphatic rings. The van der Waals surface area contributed by atoms with Crippen molar-refractivity contribution in [3.63, 3.8) is 0 Å². The summed E-state index contributed by atoms with van der Waals surface area (Å²) in [6, 6.07) is 5.17. The summed E-state index contributed by atoms with van der Waals surface area (Å²) in [5.41, 5.74) is 7.37. The van der Waals surface area contributed by atoms with Gasteiger partial charge in [-0.15, -0.1) is 0 Å². The standard InChI is InChI=1S/C20H22FN5O2/c1-20(21)6-3-4-16(20)25-18-14(19(22)27)10-24-26-11-13(8-15(18)26)12-5-7-23-17(9-12)28-2/h5,7-11,16,25H,3-4,6H2,1-2H3,(H2,22,27)/t16-,20+/m1/s1. The lowest BCUT2D eigenvalue weighted by Crippen LogP contribution is -2.36. The second kappa shape index (κ2) is 6.78. The molecule has 0 aliphatic heterocycles. The van der Waals surface area contributed by atoms with Crippen LogP contribution in [0, 0.1) is 0 Å². The molecule has 4 rings (SSSR count). The molecular formula is C20H22FN5O2. The minimum absolute atomic E-state index is 0.243. The number of alkyl halides is 1. The van der Waals surface area contributed by atoms with Gasteiger partial charge in [0.15, 0.2) is 0 Å². The molecule has 3 aromatic heterocycles. The Bertz CT molecular complexity index is 1050. The van der Waals surface area contributed by atoms with Gasteiger partial charge in [0.2, 0.25) is 5.88 Å². The molecule has 0 radical (unpaired) electrons. The highest BCUT2D eigenvalue weighted by Crippen LogP contribution is 2.37. The number of nitrogens with two attached hydrogens (primary N) is 1. The smallest absolute Gasteiger partial charge is 0.252 e. The predicted molar refractivity (Wildman–Crippen MR) is 104 cm³/mol. The Labute approximate surface area is 161 Å². The van der Waals surface area contributed by atoms with Gasteiger partial charge in [-0.25, -0.2) is 13.9 Å². The van der Waals surface area contributed by atoms with E-state index < -0.39 is 17.6 Å². The monoisotopic (exact) mass is 383 g/mol. The lowest BCUT2D eigenvalue weighted by atomic mass is 10.0. The molecule has 0 aromatic carbocycles. The number of fused-ring (bicyclic) bond motifs is 1. The van der Waals surface area contributed by atoms with Gasteiger partial charge in [-0.3, -0.25) is 4.79 Å². The molecule has 0 bridgehead atoms. The Hall–Kier alpha value is -3.16. The number of primary amides is 1. The number of carbonyl (C=O) groups is 1. The van der Waals surface area contributed by atoms with Crippen LogP contribution in [0.15, 0.2) is 36.8 Å². The third kappa shape index (κ3) is 3.15. The van der Waals surface area contributed by atoms with Crippen LogP contribution in [0.3, 0.4) is 0 Å². The van der Waals surface area contributed by atoms with E-state index in [9.17, 15) is 9.18 Å². The highest BCUT2D eigenvalue weighted by molar-refractivity contribution is 6.02.